The van der Waals surface area contributed by atoms with E-state index >= 15 is 0 Å². The molecule has 10 heavy (non-hydrogen) atoms. The Bertz CT molecular complexity index is 249. The molecule has 3 nitrogen and oxygen atoms in total. The fourth-order valence-corrected chi connectivity index (χ4v) is 0.701. The van der Waals surface area contributed by atoms with Crippen molar-refractivity contribution in [1.82, 2.24) is 4.98 Å². The molecule has 52 valence electrons. The van der Waals surface area contributed by atoms with Gasteiger partial charge in [-0.3, -0.25) is 4.98 Å². The zero-order valence-corrected chi connectivity index (χ0v) is 5.78. The molecule has 1 N–H and O–H groups in total. The molecule has 1 aromatic rings. The summed E-state index contributed by atoms with van der Waals surface area (Å²) in [6, 6.07) is 1.62. The van der Waals surface area contributed by atoms with E-state index in [0.29, 0.717) is 10.6 Å². The molecule has 1 rings (SSSR count). The molecule has 0 aliphatic rings. The highest BCUT2D eigenvalue weighted by molar-refractivity contribution is 6.32. The van der Waals surface area contributed by atoms with Crippen LogP contribution >= 0.6 is 11.6 Å². The monoisotopic (exact) mass is 156 g/mol. The van der Waals surface area contributed by atoms with E-state index in [4.69, 9.17) is 16.8 Å². The van der Waals surface area contributed by atoms with Crippen molar-refractivity contribution in [3.05, 3.63) is 29.0 Å². The maximum Gasteiger partial charge on any atom is 0.0764 e. The number of halogens is 1. The van der Waals surface area contributed by atoms with Gasteiger partial charge in [0.1, 0.15) is 0 Å². The molecule has 0 saturated carbocycles. The zero-order valence-electron chi connectivity index (χ0n) is 5.03. The van der Waals surface area contributed by atoms with Crippen molar-refractivity contribution in [2.75, 3.05) is 0 Å². The van der Waals surface area contributed by atoms with Crippen LogP contribution < -0.4 is 0 Å². The molecule has 0 saturated heterocycles. The number of aromatic nitrogens is 1. The Kier molecular flexibility index (Phi) is 2.23. The zero-order chi connectivity index (χ0) is 7.40. The van der Waals surface area contributed by atoms with Crippen molar-refractivity contribution in [2.24, 2.45) is 5.16 Å². The van der Waals surface area contributed by atoms with Gasteiger partial charge in [0.25, 0.3) is 0 Å². The summed E-state index contributed by atoms with van der Waals surface area (Å²) >= 11 is 5.66. The van der Waals surface area contributed by atoms with E-state index in [1.165, 1.54) is 12.4 Å². The summed E-state index contributed by atoms with van der Waals surface area (Å²) in [5.74, 6) is 0. The molecule has 0 bridgehead atoms. The van der Waals surface area contributed by atoms with Gasteiger partial charge in [-0.1, -0.05) is 16.8 Å². The molecule has 1 heterocycles. The van der Waals surface area contributed by atoms with Gasteiger partial charge in [0.05, 0.1) is 11.2 Å². The van der Waals surface area contributed by atoms with Gasteiger partial charge in [-0.25, -0.2) is 0 Å². The first kappa shape index (κ1) is 7.02. The van der Waals surface area contributed by atoms with Crippen LogP contribution in [-0.4, -0.2) is 16.4 Å². The Morgan fingerprint density at radius 2 is 2.50 bits per heavy atom. The second kappa shape index (κ2) is 3.17. The standard InChI is InChI=1S/C6H5ClN2O/c7-6-1-2-8-3-5(6)4-9-10/h1-4,10H/b9-4+. The van der Waals surface area contributed by atoms with Crippen molar-refractivity contribution in [3.8, 4) is 0 Å². The molecule has 0 spiro atoms. The Labute approximate surface area is 63.0 Å². The molecular formula is C6H5ClN2O. The highest BCUT2D eigenvalue weighted by Gasteiger charge is 1.93. The van der Waals surface area contributed by atoms with Gasteiger partial charge in [-0.15, -0.1) is 0 Å². The fourth-order valence-electron chi connectivity index (χ4n) is 0.547. The molecule has 0 aliphatic heterocycles. The van der Waals surface area contributed by atoms with E-state index in [1.54, 1.807) is 12.3 Å². The molecule has 0 amide bonds. The number of oxime groups is 1. The summed E-state index contributed by atoms with van der Waals surface area (Å²) in [6.07, 6.45) is 4.31. The minimum atomic E-state index is 0.521. The lowest BCUT2D eigenvalue weighted by Crippen LogP contribution is -1.83. The van der Waals surface area contributed by atoms with Crippen LogP contribution in [0.25, 0.3) is 0 Å². The van der Waals surface area contributed by atoms with Gasteiger partial charge in [0.15, 0.2) is 0 Å². The highest BCUT2D eigenvalue weighted by Crippen LogP contribution is 2.10. The molecule has 0 aromatic carbocycles. The van der Waals surface area contributed by atoms with Gasteiger partial charge in [0.2, 0.25) is 0 Å². The van der Waals surface area contributed by atoms with Crippen LogP contribution in [0.1, 0.15) is 5.56 Å². The maximum absolute atomic E-state index is 8.13. The Morgan fingerprint density at radius 3 is 3.10 bits per heavy atom. The molecule has 0 radical (unpaired) electrons. The van der Waals surface area contributed by atoms with Crippen LogP contribution in [0.15, 0.2) is 23.6 Å². The lowest BCUT2D eigenvalue weighted by Gasteiger charge is -1.91. The molecule has 0 unspecified atom stereocenters. The second-order valence-electron chi connectivity index (χ2n) is 1.64. The third-order valence-corrected chi connectivity index (χ3v) is 1.34. The van der Waals surface area contributed by atoms with Crippen molar-refractivity contribution >= 4 is 17.8 Å². The minimum absolute atomic E-state index is 0.521. The van der Waals surface area contributed by atoms with E-state index in [1.807, 2.05) is 0 Å². The molecule has 4 heteroatoms. The number of hydrogen-bond acceptors (Lipinski definition) is 3. The number of hydrogen-bond donors (Lipinski definition) is 1. The summed E-state index contributed by atoms with van der Waals surface area (Å²) in [6.45, 7) is 0. The first-order valence-corrected chi connectivity index (χ1v) is 2.99. The van der Waals surface area contributed by atoms with Crippen molar-refractivity contribution in [1.29, 1.82) is 0 Å². The van der Waals surface area contributed by atoms with E-state index in [0.717, 1.165) is 0 Å². The Morgan fingerprint density at radius 1 is 1.70 bits per heavy atom. The molecule has 1 aromatic heterocycles. The average Bonchev–Trinajstić information content (AvgIpc) is 1.94. The molecule has 0 atom stereocenters. The van der Waals surface area contributed by atoms with Crippen molar-refractivity contribution in [3.63, 3.8) is 0 Å². The lowest BCUT2D eigenvalue weighted by atomic mass is 10.3. The minimum Gasteiger partial charge on any atom is -0.411 e. The predicted octanol–water partition coefficient (Wildman–Crippen LogP) is 1.54. The van der Waals surface area contributed by atoms with Crippen LogP contribution in [0, 0.1) is 0 Å². The van der Waals surface area contributed by atoms with Gasteiger partial charge in [0, 0.05) is 18.0 Å². The summed E-state index contributed by atoms with van der Waals surface area (Å²) in [5.41, 5.74) is 0.603. The van der Waals surface area contributed by atoms with Crippen LogP contribution in [0.2, 0.25) is 5.02 Å². The van der Waals surface area contributed by atoms with Crippen LogP contribution in [0.3, 0.4) is 0 Å². The van der Waals surface area contributed by atoms with E-state index in [2.05, 4.69) is 10.1 Å². The third kappa shape index (κ3) is 1.45. The summed E-state index contributed by atoms with van der Waals surface area (Å²) in [5, 5.41) is 11.5. The number of pyridine rings is 1. The average molecular weight is 157 g/mol. The Hall–Kier alpha value is -1.09. The number of nitrogens with zero attached hydrogens (tertiary/aromatic N) is 2. The largest absolute Gasteiger partial charge is 0.411 e. The number of rotatable bonds is 1. The maximum atomic E-state index is 8.13. The second-order valence-corrected chi connectivity index (χ2v) is 2.05. The lowest BCUT2D eigenvalue weighted by molar-refractivity contribution is 0.322. The molecular weight excluding hydrogens is 152 g/mol. The van der Waals surface area contributed by atoms with Crippen LogP contribution in [-0.2, 0) is 0 Å². The van der Waals surface area contributed by atoms with Gasteiger partial charge in [-0.05, 0) is 6.07 Å². The topological polar surface area (TPSA) is 45.5 Å². The molecule has 0 fully saturated rings. The molecule has 0 aliphatic carbocycles. The Balaban J connectivity index is 3.03. The van der Waals surface area contributed by atoms with Gasteiger partial charge < -0.3 is 5.21 Å². The van der Waals surface area contributed by atoms with E-state index in [9.17, 15) is 0 Å². The fraction of sp³-hybridized carbons (Fsp3) is 0. The first-order chi connectivity index (χ1) is 4.84. The quantitative estimate of drug-likeness (QED) is 0.381. The first-order valence-electron chi connectivity index (χ1n) is 2.61. The van der Waals surface area contributed by atoms with Crippen LogP contribution in [0.5, 0.6) is 0 Å². The van der Waals surface area contributed by atoms with Crippen molar-refractivity contribution in [2.45, 2.75) is 0 Å². The normalized spacial score (nSPS) is 10.5. The summed E-state index contributed by atoms with van der Waals surface area (Å²) < 4.78 is 0. The smallest absolute Gasteiger partial charge is 0.0764 e. The highest BCUT2D eigenvalue weighted by atomic mass is 35.5. The SMILES string of the molecule is O/N=C/c1cnccc1Cl. The summed E-state index contributed by atoms with van der Waals surface area (Å²) in [4.78, 5) is 3.78. The predicted molar refractivity (Wildman–Crippen MR) is 38.6 cm³/mol. The summed E-state index contributed by atoms with van der Waals surface area (Å²) in [7, 11) is 0. The van der Waals surface area contributed by atoms with Gasteiger partial charge >= 0.3 is 0 Å². The van der Waals surface area contributed by atoms with Crippen LogP contribution in [0.4, 0.5) is 0 Å². The third-order valence-electron chi connectivity index (χ3n) is 0.993. The van der Waals surface area contributed by atoms with Gasteiger partial charge in [-0.2, -0.15) is 0 Å². The van der Waals surface area contributed by atoms with E-state index < -0.39 is 0 Å². The van der Waals surface area contributed by atoms with E-state index in [-0.39, 0.29) is 0 Å². The van der Waals surface area contributed by atoms with Crippen molar-refractivity contribution < 1.29 is 5.21 Å².